The van der Waals surface area contributed by atoms with Crippen molar-refractivity contribution in [3.8, 4) is 6.07 Å². The quantitative estimate of drug-likeness (QED) is 0.688. The van der Waals surface area contributed by atoms with Crippen LogP contribution >= 0.6 is 0 Å². The highest BCUT2D eigenvalue weighted by atomic mass is 19.1. The lowest BCUT2D eigenvalue weighted by atomic mass is 9.99. The van der Waals surface area contributed by atoms with Crippen LogP contribution in [-0.4, -0.2) is 63.8 Å². The Labute approximate surface area is 187 Å². The van der Waals surface area contributed by atoms with Crippen molar-refractivity contribution in [1.29, 1.82) is 5.26 Å². The Balaban J connectivity index is 1.14. The van der Waals surface area contributed by atoms with Gasteiger partial charge in [0, 0.05) is 31.1 Å². The maximum Gasteiger partial charge on any atom is 0.240 e. The molecule has 3 aliphatic heterocycles. The van der Waals surface area contributed by atoms with E-state index in [-0.39, 0.29) is 53.8 Å². The fourth-order valence-electron chi connectivity index (χ4n) is 6.56. The molecule has 5 aliphatic rings. The van der Waals surface area contributed by atoms with Gasteiger partial charge in [-0.05, 0) is 61.6 Å². The van der Waals surface area contributed by atoms with E-state index in [1.54, 1.807) is 0 Å². The molecule has 2 aliphatic carbocycles. The number of halogens is 1. The molecular formula is C25H29FN4O2. The van der Waals surface area contributed by atoms with Gasteiger partial charge in [0.25, 0.3) is 0 Å². The largest absolute Gasteiger partial charge is 0.330 e. The number of carbonyl (C=O) groups excluding carboxylic acids is 2. The normalized spacial score (nSPS) is 35.0. The monoisotopic (exact) mass is 436 g/mol. The number of nitriles is 1. The van der Waals surface area contributed by atoms with Crippen molar-refractivity contribution >= 4 is 11.8 Å². The summed E-state index contributed by atoms with van der Waals surface area (Å²) in [5, 5.41) is 9.43. The number of fused-ring (bicyclic) bond motifs is 3. The molecule has 7 atom stereocenters. The van der Waals surface area contributed by atoms with Crippen LogP contribution in [0.4, 0.5) is 4.39 Å². The van der Waals surface area contributed by atoms with Gasteiger partial charge < -0.3 is 9.80 Å². The number of nitrogens with zero attached hydrogens (tertiary/aromatic N) is 4. The molecular weight excluding hydrogens is 407 g/mol. The van der Waals surface area contributed by atoms with E-state index in [1.165, 1.54) is 12.1 Å². The van der Waals surface area contributed by atoms with Gasteiger partial charge in [-0.15, -0.1) is 0 Å². The molecule has 6 rings (SSSR count). The zero-order chi connectivity index (χ0) is 22.1. The summed E-state index contributed by atoms with van der Waals surface area (Å²) in [6.07, 6.45) is 4.87. The second-order valence-electron chi connectivity index (χ2n) is 10.5. The Kier molecular flexibility index (Phi) is 4.59. The number of benzene rings is 1. The van der Waals surface area contributed by atoms with E-state index in [4.69, 9.17) is 0 Å². The SMILES string of the molecule is C[C@@H](CN1C[C@H]2C[C@@H]1C(=O)N2[C@@H](c1ccc(F)cc1)C1CC1)C(=O)N1C2C[C@H]2C[C@H]1C#N. The first-order valence-electron chi connectivity index (χ1n) is 12.0. The van der Waals surface area contributed by atoms with Crippen molar-refractivity contribution in [2.75, 3.05) is 13.1 Å². The van der Waals surface area contributed by atoms with Crippen molar-refractivity contribution < 1.29 is 14.0 Å². The summed E-state index contributed by atoms with van der Waals surface area (Å²) in [5.41, 5.74) is 1.03. The van der Waals surface area contributed by atoms with E-state index < -0.39 is 0 Å². The molecule has 5 fully saturated rings. The Morgan fingerprint density at radius 2 is 1.97 bits per heavy atom. The van der Waals surface area contributed by atoms with E-state index in [9.17, 15) is 19.2 Å². The van der Waals surface area contributed by atoms with Gasteiger partial charge in [-0.1, -0.05) is 19.1 Å². The summed E-state index contributed by atoms with van der Waals surface area (Å²) in [5.74, 6) is 0.719. The van der Waals surface area contributed by atoms with E-state index in [2.05, 4.69) is 15.9 Å². The van der Waals surface area contributed by atoms with Crippen LogP contribution in [0.15, 0.2) is 24.3 Å². The number of hydrogen-bond acceptors (Lipinski definition) is 4. The minimum absolute atomic E-state index is 0.0343. The number of likely N-dealkylation sites (tertiary alicyclic amines) is 3. The average Bonchev–Trinajstić information content (AvgIpc) is 3.67. The molecule has 3 heterocycles. The molecule has 168 valence electrons. The van der Waals surface area contributed by atoms with Crippen molar-refractivity contribution in [3.05, 3.63) is 35.6 Å². The third-order valence-corrected chi connectivity index (χ3v) is 8.33. The Bertz CT molecular complexity index is 987. The third kappa shape index (κ3) is 3.14. The van der Waals surface area contributed by atoms with Crippen LogP contribution in [0.2, 0.25) is 0 Å². The highest BCUT2D eigenvalue weighted by Crippen LogP contribution is 2.50. The molecule has 0 aromatic heterocycles. The lowest BCUT2D eigenvalue weighted by Gasteiger charge is -2.40. The molecule has 0 radical (unpaired) electrons. The van der Waals surface area contributed by atoms with Crippen LogP contribution in [0.3, 0.4) is 0 Å². The predicted molar refractivity (Wildman–Crippen MR) is 114 cm³/mol. The Morgan fingerprint density at radius 3 is 2.62 bits per heavy atom. The van der Waals surface area contributed by atoms with Crippen LogP contribution in [-0.2, 0) is 9.59 Å². The molecule has 1 unspecified atom stereocenters. The van der Waals surface area contributed by atoms with E-state index in [1.807, 2.05) is 24.0 Å². The molecule has 2 amide bonds. The van der Waals surface area contributed by atoms with Crippen molar-refractivity contribution in [2.45, 2.75) is 69.2 Å². The molecule has 6 nitrogen and oxygen atoms in total. The van der Waals surface area contributed by atoms with Crippen LogP contribution in [0.25, 0.3) is 0 Å². The van der Waals surface area contributed by atoms with Gasteiger partial charge in [0.2, 0.25) is 11.8 Å². The predicted octanol–water partition coefficient (Wildman–Crippen LogP) is 2.71. The summed E-state index contributed by atoms with van der Waals surface area (Å²) in [7, 11) is 0. The topological polar surface area (TPSA) is 67.7 Å². The van der Waals surface area contributed by atoms with E-state index in [0.29, 0.717) is 18.4 Å². The first kappa shape index (κ1) is 20.2. The van der Waals surface area contributed by atoms with E-state index in [0.717, 1.165) is 44.2 Å². The zero-order valence-electron chi connectivity index (χ0n) is 18.4. The minimum atomic E-state index is -0.282. The van der Waals surface area contributed by atoms with Crippen molar-refractivity contribution in [2.24, 2.45) is 17.8 Å². The number of piperidine rings is 1. The second kappa shape index (κ2) is 7.28. The molecule has 7 heteroatoms. The summed E-state index contributed by atoms with van der Waals surface area (Å²) in [6.45, 7) is 3.29. The van der Waals surface area contributed by atoms with Gasteiger partial charge in [0.15, 0.2) is 0 Å². The summed E-state index contributed by atoms with van der Waals surface area (Å²) < 4.78 is 13.5. The van der Waals surface area contributed by atoms with Crippen LogP contribution in [0.5, 0.6) is 0 Å². The van der Waals surface area contributed by atoms with E-state index >= 15 is 0 Å². The van der Waals surface area contributed by atoms with Gasteiger partial charge in [-0.25, -0.2) is 4.39 Å². The molecule has 1 aromatic carbocycles. The number of hydrogen-bond donors (Lipinski definition) is 0. The van der Waals surface area contributed by atoms with Crippen LogP contribution in [0, 0.1) is 34.9 Å². The van der Waals surface area contributed by atoms with Crippen molar-refractivity contribution in [3.63, 3.8) is 0 Å². The van der Waals surface area contributed by atoms with Crippen molar-refractivity contribution in [1.82, 2.24) is 14.7 Å². The number of rotatable bonds is 6. The maximum absolute atomic E-state index is 13.5. The Morgan fingerprint density at radius 1 is 1.22 bits per heavy atom. The fraction of sp³-hybridized carbons (Fsp3) is 0.640. The maximum atomic E-state index is 13.5. The highest BCUT2D eigenvalue weighted by molar-refractivity contribution is 5.86. The van der Waals surface area contributed by atoms with Crippen LogP contribution < -0.4 is 0 Å². The first-order valence-corrected chi connectivity index (χ1v) is 12.0. The van der Waals surface area contributed by atoms with Gasteiger partial charge in [0.05, 0.1) is 18.2 Å². The summed E-state index contributed by atoms with van der Waals surface area (Å²) >= 11 is 0. The lowest BCUT2D eigenvalue weighted by molar-refractivity contribution is -0.143. The van der Waals surface area contributed by atoms with Gasteiger partial charge in [0.1, 0.15) is 11.9 Å². The zero-order valence-corrected chi connectivity index (χ0v) is 18.4. The molecule has 1 aromatic rings. The number of piperazine rings is 1. The molecule has 2 saturated carbocycles. The molecule has 0 N–H and O–H groups in total. The summed E-state index contributed by atoms with van der Waals surface area (Å²) in [6, 6.07) is 8.91. The van der Waals surface area contributed by atoms with Crippen LogP contribution in [0.1, 0.15) is 50.6 Å². The third-order valence-electron chi connectivity index (χ3n) is 8.33. The smallest absolute Gasteiger partial charge is 0.240 e. The first-order chi connectivity index (χ1) is 15.5. The summed E-state index contributed by atoms with van der Waals surface area (Å²) in [4.78, 5) is 32.6. The molecule has 2 bridgehead atoms. The standard InChI is InChI=1S/C25H29FN4O2/c1-14(24(31)29-19(11-27)8-17-9-21(17)29)12-28-13-20-10-22(28)25(32)30(20)23(15-2-3-15)16-4-6-18(26)7-5-16/h4-7,14-15,17,19-23H,2-3,8-10,12-13H2,1H3/t14-,17+,19-,20+,21?,22+,23+/m0/s1. The van der Waals surface area contributed by atoms with Gasteiger partial charge in [-0.2, -0.15) is 5.26 Å². The Hall–Kier alpha value is -2.46. The molecule has 0 spiro atoms. The number of carbonyl (C=O) groups is 2. The van der Waals surface area contributed by atoms with Gasteiger partial charge >= 0.3 is 0 Å². The molecule has 32 heavy (non-hydrogen) atoms. The minimum Gasteiger partial charge on any atom is -0.330 e. The lowest BCUT2D eigenvalue weighted by Crippen LogP contribution is -2.54. The van der Waals surface area contributed by atoms with Gasteiger partial charge in [-0.3, -0.25) is 14.5 Å². The highest BCUT2D eigenvalue weighted by Gasteiger charge is 2.56. The average molecular weight is 437 g/mol. The molecule has 3 saturated heterocycles. The fourth-order valence-corrected chi connectivity index (χ4v) is 6.56. The number of amides is 2. The second-order valence-corrected chi connectivity index (χ2v) is 10.5.